The van der Waals surface area contributed by atoms with Gasteiger partial charge in [-0.15, -0.1) is 0 Å². The first-order valence-corrected chi connectivity index (χ1v) is 9.26. The van der Waals surface area contributed by atoms with Crippen molar-refractivity contribution in [1.82, 2.24) is 19.9 Å². The number of imidazole rings is 2. The molecule has 0 fully saturated rings. The first-order chi connectivity index (χ1) is 13.1. The monoisotopic (exact) mass is 356 g/mol. The van der Waals surface area contributed by atoms with Crippen LogP contribution in [0.5, 0.6) is 0 Å². The fourth-order valence-corrected chi connectivity index (χ4v) is 3.43. The molecule has 0 bridgehead atoms. The summed E-state index contributed by atoms with van der Waals surface area (Å²) in [6.07, 6.45) is 5.47. The molecule has 136 valence electrons. The van der Waals surface area contributed by atoms with E-state index >= 15 is 0 Å². The highest BCUT2D eigenvalue weighted by molar-refractivity contribution is 5.45. The van der Waals surface area contributed by atoms with Crippen molar-refractivity contribution < 1.29 is 0 Å². The molecule has 4 heteroatoms. The van der Waals surface area contributed by atoms with Crippen molar-refractivity contribution in [3.8, 4) is 11.6 Å². The molecule has 0 aliphatic carbocycles. The standard InChI is InChI=1S/C23H24N4/c1-15-5-4-6-18(10-15)11-20-13-24-22(26-20)23-25-14-21(27-23)12-19-8-7-16(2)9-17(19)3/h4-10,13-14H,11-12H2,1-3H3,(H,24,26)(H,25,27). The van der Waals surface area contributed by atoms with Gasteiger partial charge in [-0.05, 0) is 37.5 Å². The van der Waals surface area contributed by atoms with Crippen LogP contribution in [0.1, 0.15) is 39.2 Å². The van der Waals surface area contributed by atoms with Gasteiger partial charge in [-0.3, -0.25) is 0 Å². The van der Waals surface area contributed by atoms with Crippen LogP contribution in [0.25, 0.3) is 11.6 Å². The van der Waals surface area contributed by atoms with E-state index in [1.54, 1.807) is 0 Å². The number of rotatable bonds is 5. The van der Waals surface area contributed by atoms with Gasteiger partial charge in [-0.1, -0.05) is 53.6 Å². The number of aryl methyl sites for hydroxylation is 3. The number of H-pyrrole nitrogens is 2. The number of aromatic amines is 2. The second-order valence-corrected chi connectivity index (χ2v) is 7.29. The van der Waals surface area contributed by atoms with Crippen LogP contribution in [0.15, 0.2) is 54.9 Å². The van der Waals surface area contributed by atoms with Crippen LogP contribution in [-0.4, -0.2) is 19.9 Å². The Morgan fingerprint density at radius 2 is 1.41 bits per heavy atom. The minimum absolute atomic E-state index is 0.782. The average Bonchev–Trinajstić information content (AvgIpc) is 3.27. The number of benzene rings is 2. The lowest BCUT2D eigenvalue weighted by Gasteiger charge is -2.05. The summed E-state index contributed by atoms with van der Waals surface area (Å²) in [7, 11) is 0. The molecule has 0 saturated carbocycles. The van der Waals surface area contributed by atoms with Gasteiger partial charge in [0.2, 0.25) is 0 Å². The molecule has 4 aromatic rings. The molecule has 0 unspecified atom stereocenters. The van der Waals surface area contributed by atoms with Gasteiger partial charge < -0.3 is 9.97 Å². The number of nitrogens with one attached hydrogen (secondary N) is 2. The number of aromatic nitrogens is 4. The molecule has 0 atom stereocenters. The molecule has 0 radical (unpaired) electrons. The van der Waals surface area contributed by atoms with Crippen molar-refractivity contribution in [1.29, 1.82) is 0 Å². The van der Waals surface area contributed by atoms with Crippen molar-refractivity contribution in [3.05, 3.63) is 94.1 Å². The maximum Gasteiger partial charge on any atom is 0.173 e. The van der Waals surface area contributed by atoms with Gasteiger partial charge in [0.25, 0.3) is 0 Å². The summed E-state index contributed by atoms with van der Waals surface area (Å²) in [5.74, 6) is 1.56. The molecule has 27 heavy (non-hydrogen) atoms. The summed E-state index contributed by atoms with van der Waals surface area (Å²) in [6.45, 7) is 6.39. The van der Waals surface area contributed by atoms with Gasteiger partial charge >= 0.3 is 0 Å². The van der Waals surface area contributed by atoms with Gasteiger partial charge in [-0.25, -0.2) is 9.97 Å². The minimum atomic E-state index is 0.782. The zero-order valence-corrected chi connectivity index (χ0v) is 16.0. The summed E-state index contributed by atoms with van der Waals surface area (Å²) in [4.78, 5) is 15.8. The molecule has 2 aromatic heterocycles. The van der Waals surface area contributed by atoms with Crippen LogP contribution in [0.4, 0.5) is 0 Å². The third kappa shape index (κ3) is 4.00. The van der Waals surface area contributed by atoms with Crippen LogP contribution in [0.2, 0.25) is 0 Å². The van der Waals surface area contributed by atoms with Crippen molar-refractivity contribution >= 4 is 0 Å². The van der Waals surface area contributed by atoms with E-state index < -0.39 is 0 Å². The van der Waals surface area contributed by atoms with E-state index in [2.05, 4.69) is 83.2 Å². The molecular weight excluding hydrogens is 332 g/mol. The lowest BCUT2D eigenvalue weighted by atomic mass is 10.0. The van der Waals surface area contributed by atoms with E-state index in [1.807, 2.05) is 12.4 Å². The van der Waals surface area contributed by atoms with Crippen molar-refractivity contribution in [2.45, 2.75) is 33.6 Å². The number of nitrogens with zero attached hydrogens (tertiary/aromatic N) is 2. The molecule has 0 aliphatic rings. The zero-order valence-electron chi connectivity index (χ0n) is 16.0. The van der Waals surface area contributed by atoms with Crippen LogP contribution in [0.3, 0.4) is 0 Å². The molecule has 0 aliphatic heterocycles. The normalized spacial score (nSPS) is 11.1. The van der Waals surface area contributed by atoms with E-state index in [1.165, 1.54) is 27.8 Å². The van der Waals surface area contributed by atoms with Gasteiger partial charge in [0.15, 0.2) is 11.6 Å². The maximum absolute atomic E-state index is 4.52. The molecule has 2 aromatic carbocycles. The first kappa shape index (κ1) is 17.3. The first-order valence-electron chi connectivity index (χ1n) is 9.26. The minimum Gasteiger partial charge on any atom is -0.339 e. The van der Waals surface area contributed by atoms with E-state index in [9.17, 15) is 0 Å². The summed E-state index contributed by atoms with van der Waals surface area (Å²) in [6, 6.07) is 15.1. The highest BCUT2D eigenvalue weighted by atomic mass is 15.0. The Morgan fingerprint density at radius 3 is 2.07 bits per heavy atom. The Hall–Kier alpha value is -3.14. The summed E-state index contributed by atoms with van der Waals surface area (Å²) < 4.78 is 0. The third-order valence-electron chi connectivity index (χ3n) is 4.84. The van der Waals surface area contributed by atoms with E-state index in [0.717, 1.165) is 35.9 Å². The topological polar surface area (TPSA) is 57.4 Å². The Kier molecular flexibility index (Phi) is 4.63. The van der Waals surface area contributed by atoms with Crippen molar-refractivity contribution in [2.75, 3.05) is 0 Å². The second-order valence-electron chi connectivity index (χ2n) is 7.29. The molecule has 0 spiro atoms. The lowest BCUT2D eigenvalue weighted by molar-refractivity contribution is 1.07. The Balaban J connectivity index is 1.49. The molecule has 4 nitrogen and oxygen atoms in total. The number of hydrogen-bond donors (Lipinski definition) is 2. The highest BCUT2D eigenvalue weighted by Crippen LogP contribution is 2.18. The predicted octanol–water partition coefficient (Wildman–Crippen LogP) is 4.91. The van der Waals surface area contributed by atoms with Crippen LogP contribution < -0.4 is 0 Å². The number of hydrogen-bond acceptors (Lipinski definition) is 2. The molecule has 2 N–H and O–H groups in total. The summed E-state index contributed by atoms with van der Waals surface area (Å²) >= 11 is 0. The maximum atomic E-state index is 4.52. The van der Waals surface area contributed by atoms with Crippen molar-refractivity contribution in [2.24, 2.45) is 0 Å². The van der Waals surface area contributed by atoms with E-state index in [4.69, 9.17) is 0 Å². The van der Waals surface area contributed by atoms with Crippen LogP contribution >= 0.6 is 0 Å². The molecular formula is C23H24N4. The quantitative estimate of drug-likeness (QED) is 0.534. The molecule has 0 saturated heterocycles. The van der Waals surface area contributed by atoms with Crippen LogP contribution in [-0.2, 0) is 12.8 Å². The zero-order chi connectivity index (χ0) is 18.8. The fraction of sp³-hybridized carbons (Fsp3) is 0.217. The van der Waals surface area contributed by atoms with Gasteiger partial charge in [0.1, 0.15) is 0 Å². The largest absolute Gasteiger partial charge is 0.339 e. The fourth-order valence-electron chi connectivity index (χ4n) is 3.43. The average molecular weight is 356 g/mol. The predicted molar refractivity (Wildman–Crippen MR) is 109 cm³/mol. The van der Waals surface area contributed by atoms with E-state index in [0.29, 0.717) is 0 Å². The Bertz CT molecular complexity index is 1070. The third-order valence-corrected chi connectivity index (χ3v) is 4.84. The smallest absolute Gasteiger partial charge is 0.173 e. The lowest BCUT2D eigenvalue weighted by Crippen LogP contribution is -1.93. The van der Waals surface area contributed by atoms with Crippen LogP contribution in [0, 0.1) is 20.8 Å². The highest BCUT2D eigenvalue weighted by Gasteiger charge is 2.10. The van der Waals surface area contributed by atoms with Crippen molar-refractivity contribution in [3.63, 3.8) is 0 Å². The SMILES string of the molecule is Cc1cccc(Cc2cnc(-c3ncc(Cc4ccc(C)cc4C)[nH]3)[nH]2)c1. The molecule has 2 heterocycles. The molecule has 4 rings (SSSR count). The Labute approximate surface area is 159 Å². The summed E-state index contributed by atoms with van der Waals surface area (Å²) in [5, 5.41) is 0. The second kappa shape index (κ2) is 7.23. The van der Waals surface area contributed by atoms with Gasteiger partial charge in [0.05, 0.1) is 0 Å². The Morgan fingerprint density at radius 1 is 0.741 bits per heavy atom. The van der Waals surface area contributed by atoms with E-state index in [-0.39, 0.29) is 0 Å². The summed E-state index contributed by atoms with van der Waals surface area (Å²) in [5.41, 5.74) is 8.64. The van der Waals surface area contributed by atoms with Gasteiger partial charge in [0, 0.05) is 36.6 Å². The molecule has 0 amide bonds. The van der Waals surface area contributed by atoms with Gasteiger partial charge in [-0.2, -0.15) is 0 Å².